The number of likely N-dealkylation sites (tertiary alicyclic amines) is 2. The topological polar surface area (TPSA) is 59.1 Å². The average Bonchev–Trinajstić information content (AvgIpc) is 3.37. The van der Waals surface area contributed by atoms with Gasteiger partial charge < -0.3 is 19.0 Å². The molecule has 0 unspecified atom stereocenters. The number of carbonyl (C=O) groups is 2. The maximum atomic E-state index is 13.6. The molecule has 246 valence electrons. The SMILES string of the molecule is COC1CCN(C(=O)c2ccc(-c3cc(Cl)c(C[C@@H]4CCN(C5CCC(O[Si](C)(C)C(C)(C)C)CC5)C4=O)c(Cl)c3)cc2)CC1. The standard InChI is InChI=1S/C36H50Cl2N2O4Si/c1-36(2,3)45(5,6)44-30-13-11-28(12-14-30)40-20-15-26(35(40)42)21-31-32(37)22-27(23-33(31)38)24-7-9-25(10-8-24)34(41)39-18-16-29(43-4)17-19-39/h7-10,22-23,26,28-30H,11-21H2,1-6H3/t26-,28?,30?/m0/s1. The van der Waals surface area contributed by atoms with Gasteiger partial charge in [0.05, 0.1) is 6.10 Å². The third kappa shape index (κ3) is 7.81. The average molecular weight is 674 g/mol. The van der Waals surface area contributed by atoms with Crippen molar-refractivity contribution in [3.05, 3.63) is 57.6 Å². The van der Waals surface area contributed by atoms with Crippen LogP contribution in [0.15, 0.2) is 36.4 Å². The summed E-state index contributed by atoms with van der Waals surface area (Å²) >= 11 is 13.6. The van der Waals surface area contributed by atoms with Crippen LogP contribution in [-0.4, -0.2) is 74.9 Å². The second kappa shape index (κ2) is 14.1. The maximum absolute atomic E-state index is 13.6. The van der Waals surface area contributed by atoms with Gasteiger partial charge in [0.1, 0.15) is 0 Å². The van der Waals surface area contributed by atoms with Crippen LogP contribution in [0.1, 0.15) is 81.6 Å². The number of rotatable bonds is 8. The molecule has 45 heavy (non-hydrogen) atoms. The molecule has 2 aromatic carbocycles. The van der Waals surface area contributed by atoms with E-state index in [1.54, 1.807) is 7.11 Å². The Kier molecular flexibility index (Phi) is 10.8. The molecule has 1 saturated carbocycles. The molecule has 1 atom stereocenters. The summed E-state index contributed by atoms with van der Waals surface area (Å²) in [5.74, 6) is 0.170. The Morgan fingerprint density at radius 1 is 0.867 bits per heavy atom. The van der Waals surface area contributed by atoms with E-state index in [1.165, 1.54) is 0 Å². The summed E-state index contributed by atoms with van der Waals surface area (Å²) in [4.78, 5) is 30.6. The minimum absolute atomic E-state index is 0.0466. The van der Waals surface area contributed by atoms with Crippen molar-refractivity contribution in [2.75, 3.05) is 26.7 Å². The minimum atomic E-state index is -1.79. The van der Waals surface area contributed by atoms with Gasteiger partial charge in [-0.1, -0.05) is 56.1 Å². The fraction of sp³-hybridized carbons (Fsp3) is 0.611. The molecule has 0 N–H and O–H groups in total. The van der Waals surface area contributed by atoms with Crippen molar-refractivity contribution in [2.45, 2.75) is 109 Å². The fourth-order valence-corrected chi connectivity index (χ4v) is 8.94. The Bertz CT molecular complexity index is 1340. The number of hydrogen-bond donors (Lipinski definition) is 0. The van der Waals surface area contributed by atoms with Crippen LogP contribution < -0.4 is 0 Å². The van der Waals surface area contributed by atoms with Gasteiger partial charge in [0.25, 0.3) is 5.91 Å². The van der Waals surface area contributed by atoms with Gasteiger partial charge in [-0.05, 0) is 110 Å². The molecule has 0 radical (unpaired) electrons. The molecule has 2 heterocycles. The number of halogens is 2. The number of piperidine rings is 1. The molecule has 2 amide bonds. The predicted molar refractivity (Wildman–Crippen MR) is 186 cm³/mol. The molecule has 3 aliphatic rings. The smallest absolute Gasteiger partial charge is 0.253 e. The lowest BCUT2D eigenvalue weighted by Gasteiger charge is -2.42. The molecule has 1 aliphatic carbocycles. The van der Waals surface area contributed by atoms with Crippen molar-refractivity contribution >= 4 is 43.3 Å². The van der Waals surface area contributed by atoms with Crippen molar-refractivity contribution in [3.8, 4) is 11.1 Å². The highest BCUT2D eigenvalue weighted by molar-refractivity contribution is 6.74. The zero-order valence-electron chi connectivity index (χ0n) is 27.8. The van der Waals surface area contributed by atoms with Gasteiger partial charge in [-0.25, -0.2) is 0 Å². The van der Waals surface area contributed by atoms with Crippen LogP contribution in [0.25, 0.3) is 11.1 Å². The molecule has 2 saturated heterocycles. The van der Waals surface area contributed by atoms with E-state index >= 15 is 0 Å². The first-order valence-electron chi connectivity index (χ1n) is 16.7. The quantitative estimate of drug-likeness (QED) is 0.263. The van der Waals surface area contributed by atoms with Crippen LogP contribution in [0.4, 0.5) is 0 Å². The Morgan fingerprint density at radius 3 is 2.02 bits per heavy atom. The highest BCUT2D eigenvalue weighted by Gasteiger charge is 2.42. The van der Waals surface area contributed by atoms with Crippen molar-refractivity contribution in [1.29, 1.82) is 0 Å². The largest absolute Gasteiger partial charge is 0.414 e. The van der Waals surface area contributed by atoms with E-state index < -0.39 is 8.32 Å². The van der Waals surface area contributed by atoms with Crippen LogP contribution in [0.3, 0.4) is 0 Å². The summed E-state index contributed by atoms with van der Waals surface area (Å²) in [7, 11) is -0.0628. The van der Waals surface area contributed by atoms with Crippen molar-refractivity contribution in [3.63, 3.8) is 0 Å². The Balaban J connectivity index is 1.17. The molecule has 9 heteroatoms. The number of amides is 2. The minimum Gasteiger partial charge on any atom is -0.414 e. The molecule has 6 nitrogen and oxygen atoms in total. The van der Waals surface area contributed by atoms with Crippen molar-refractivity contribution in [1.82, 2.24) is 9.80 Å². The van der Waals surface area contributed by atoms with E-state index in [2.05, 4.69) is 38.8 Å². The number of nitrogens with zero attached hydrogens (tertiary/aromatic N) is 2. The number of methoxy groups -OCH3 is 1. The van der Waals surface area contributed by atoms with Gasteiger partial charge in [-0.3, -0.25) is 9.59 Å². The number of benzene rings is 2. The van der Waals surface area contributed by atoms with Crippen LogP contribution in [0.5, 0.6) is 0 Å². The van der Waals surface area contributed by atoms with E-state index in [-0.39, 0.29) is 28.9 Å². The number of carbonyl (C=O) groups excluding carboxylic acids is 2. The van der Waals surface area contributed by atoms with E-state index in [0.717, 1.165) is 68.2 Å². The summed E-state index contributed by atoms with van der Waals surface area (Å²) in [5, 5.41) is 1.36. The zero-order chi connectivity index (χ0) is 32.5. The summed E-state index contributed by atoms with van der Waals surface area (Å²) in [5.41, 5.74) is 3.34. The first kappa shape index (κ1) is 34.4. The highest BCUT2D eigenvalue weighted by Crippen LogP contribution is 2.41. The maximum Gasteiger partial charge on any atom is 0.253 e. The van der Waals surface area contributed by atoms with Crippen molar-refractivity contribution in [2.24, 2.45) is 5.92 Å². The molecule has 0 aromatic heterocycles. The van der Waals surface area contributed by atoms with Crippen molar-refractivity contribution < 1.29 is 18.8 Å². The Labute approximate surface area is 280 Å². The van der Waals surface area contributed by atoms with E-state index in [1.807, 2.05) is 41.3 Å². The van der Waals surface area contributed by atoms with Gasteiger partial charge in [-0.15, -0.1) is 0 Å². The highest BCUT2D eigenvalue weighted by atomic mass is 35.5. The summed E-state index contributed by atoms with van der Waals surface area (Å²) in [6, 6.07) is 11.8. The molecular weight excluding hydrogens is 623 g/mol. The monoisotopic (exact) mass is 672 g/mol. The molecular formula is C36H50Cl2N2O4Si. The van der Waals surface area contributed by atoms with Gasteiger partial charge >= 0.3 is 0 Å². The fourth-order valence-electron chi connectivity index (χ4n) is 6.88. The Morgan fingerprint density at radius 2 is 1.47 bits per heavy atom. The summed E-state index contributed by atoms with van der Waals surface area (Å²) < 4.78 is 12.1. The van der Waals surface area contributed by atoms with Gasteiger partial charge in [0.15, 0.2) is 8.32 Å². The van der Waals surface area contributed by atoms with E-state index in [4.69, 9.17) is 32.4 Å². The van der Waals surface area contributed by atoms with Gasteiger partial charge in [0.2, 0.25) is 5.91 Å². The van der Waals surface area contributed by atoms with Gasteiger partial charge in [-0.2, -0.15) is 0 Å². The predicted octanol–water partition coefficient (Wildman–Crippen LogP) is 8.64. The second-order valence-electron chi connectivity index (χ2n) is 14.8. The lowest BCUT2D eigenvalue weighted by molar-refractivity contribution is -0.133. The summed E-state index contributed by atoms with van der Waals surface area (Å²) in [6.45, 7) is 13.7. The molecule has 2 aromatic rings. The third-order valence-electron chi connectivity index (χ3n) is 10.8. The third-order valence-corrected chi connectivity index (χ3v) is 16.0. The van der Waals surface area contributed by atoms with Crippen LogP contribution >= 0.6 is 23.2 Å². The molecule has 3 fully saturated rings. The first-order valence-corrected chi connectivity index (χ1v) is 20.3. The molecule has 5 rings (SSSR count). The molecule has 0 bridgehead atoms. The zero-order valence-corrected chi connectivity index (χ0v) is 30.3. The van der Waals surface area contributed by atoms with E-state index in [0.29, 0.717) is 47.3 Å². The normalized spacial score (nSPS) is 23.6. The lowest BCUT2D eigenvalue weighted by Crippen LogP contribution is -2.47. The Hall–Kier alpha value is -1.90. The van der Waals surface area contributed by atoms with Gasteiger partial charge in [0, 0.05) is 60.4 Å². The van der Waals surface area contributed by atoms with Crippen LogP contribution in [-0.2, 0) is 20.4 Å². The number of hydrogen-bond acceptors (Lipinski definition) is 4. The van der Waals surface area contributed by atoms with Crippen LogP contribution in [0, 0.1) is 5.92 Å². The second-order valence-corrected chi connectivity index (χ2v) is 20.3. The lowest BCUT2D eigenvalue weighted by atomic mass is 9.92. The molecule has 2 aliphatic heterocycles. The first-order chi connectivity index (χ1) is 21.3. The summed E-state index contributed by atoms with van der Waals surface area (Å²) in [6.07, 6.45) is 7.69. The van der Waals surface area contributed by atoms with Crippen LogP contribution in [0.2, 0.25) is 28.2 Å². The van der Waals surface area contributed by atoms with E-state index in [9.17, 15) is 9.59 Å². The number of ether oxygens (including phenoxy) is 1. The molecule has 0 spiro atoms.